The summed E-state index contributed by atoms with van der Waals surface area (Å²) in [5.41, 5.74) is 26.3. The number of pyridine rings is 4. The van der Waals surface area contributed by atoms with E-state index in [1.807, 2.05) is 5.40 Å². The number of nitrogens with zero attached hydrogens (tertiary/aromatic N) is 11. The van der Waals surface area contributed by atoms with Crippen LogP contribution in [-0.2, 0) is 57.4 Å². The first-order valence-corrected chi connectivity index (χ1v) is 35.9. The molecular weight excluding hydrogens is 1570 g/mol. The van der Waals surface area contributed by atoms with Crippen molar-refractivity contribution in [2.75, 3.05) is 112 Å². The third kappa shape index (κ3) is 31.5. The van der Waals surface area contributed by atoms with Gasteiger partial charge in [-0.25, -0.2) is 34.1 Å². The molecule has 0 bridgehead atoms. The van der Waals surface area contributed by atoms with Crippen LogP contribution in [0, 0.1) is 22.5 Å². The molecule has 4 aliphatic heterocycles. The predicted molar refractivity (Wildman–Crippen MR) is 426 cm³/mol. The lowest BCUT2D eigenvalue weighted by molar-refractivity contribution is -0.144. The number of imidazole rings is 2. The number of nitrogens with two attached hydrogens (primary N) is 4. The molecule has 23 N–H and O–H groups in total. The number of ether oxygens (including phenoxy) is 2. The van der Waals surface area contributed by atoms with E-state index in [-0.39, 0.29) is 46.8 Å². The molecular formula is C67H96ClN26O19S2+. The van der Waals surface area contributed by atoms with Gasteiger partial charge in [0.05, 0.1) is 77.9 Å². The Balaban J connectivity index is 0.000000494. The molecule has 626 valence electrons. The van der Waals surface area contributed by atoms with Crippen LogP contribution < -0.4 is 70.8 Å². The average Bonchev–Trinajstić information content (AvgIpc) is 1.72. The van der Waals surface area contributed by atoms with Crippen molar-refractivity contribution in [1.82, 2.24) is 91.4 Å². The first-order valence-electron chi connectivity index (χ1n) is 34.5. The second-order valence-electron chi connectivity index (χ2n) is 24.4. The van der Waals surface area contributed by atoms with E-state index < -0.39 is 133 Å². The van der Waals surface area contributed by atoms with Gasteiger partial charge in [-0.3, -0.25) is 77.7 Å². The van der Waals surface area contributed by atoms with E-state index in [4.69, 9.17) is 55.7 Å². The van der Waals surface area contributed by atoms with Gasteiger partial charge in [0.25, 0.3) is 23.6 Å². The van der Waals surface area contributed by atoms with E-state index in [1.165, 1.54) is 27.3 Å². The number of carboxylic acids is 2. The van der Waals surface area contributed by atoms with Gasteiger partial charge in [0.2, 0.25) is 17.8 Å². The summed E-state index contributed by atoms with van der Waals surface area (Å²) in [4.78, 5) is 195. The van der Waals surface area contributed by atoms with Crippen molar-refractivity contribution < 1.29 is 93.3 Å². The van der Waals surface area contributed by atoms with Crippen molar-refractivity contribution in [1.29, 1.82) is 5.26 Å². The first-order chi connectivity index (χ1) is 53.9. The Morgan fingerprint density at radius 2 is 1.05 bits per heavy atom. The van der Waals surface area contributed by atoms with E-state index in [0.717, 1.165) is 48.5 Å². The molecule has 0 radical (unpaired) electrons. The summed E-state index contributed by atoms with van der Waals surface area (Å²) in [6, 6.07) is 3.53. The minimum absolute atomic E-state index is 0. The van der Waals surface area contributed by atoms with Gasteiger partial charge in [0.15, 0.2) is 10.9 Å². The number of esters is 2. The van der Waals surface area contributed by atoms with Gasteiger partial charge in [-0.15, -0.1) is 12.4 Å². The number of H-pyrrole nitrogens is 2. The predicted octanol–water partition coefficient (Wildman–Crippen LogP) is 0.343. The number of rotatable bonds is 32. The van der Waals surface area contributed by atoms with Crippen molar-refractivity contribution in [3.05, 3.63) is 73.7 Å². The Bertz CT molecular complexity index is 4320. The Morgan fingerprint density at radius 3 is 1.43 bits per heavy atom. The lowest BCUT2D eigenvalue weighted by atomic mass is 10.1. The molecule has 4 saturated heterocycles. The maximum atomic E-state index is 12.4. The number of carbonyl (C=O) groups excluding carboxylic acids is 12. The highest BCUT2D eigenvalue weighted by Crippen LogP contribution is 2.19. The normalized spacial score (nSPS) is 16.1. The zero-order chi connectivity index (χ0) is 83.3. The van der Waals surface area contributed by atoms with Crippen molar-refractivity contribution in [3.63, 3.8) is 0 Å². The number of hydrogen-bond donors (Lipinski definition) is 17. The maximum absolute atomic E-state index is 12.4. The van der Waals surface area contributed by atoms with Gasteiger partial charge >= 0.3 is 54.0 Å². The Kier molecular flexibility index (Phi) is 41.2. The summed E-state index contributed by atoms with van der Waals surface area (Å²) in [5, 5.41) is 59.2. The summed E-state index contributed by atoms with van der Waals surface area (Å²) < 4.78 is 8.87. The van der Waals surface area contributed by atoms with Crippen molar-refractivity contribution >= 4 is 182 Å². The smallest absolute Gasteiger partial charge is 0.520 e. The number of urea groups is 4. The van der Waals surface area contributed by atoms with Crippen LogP contribution in [0.25, 0.3) is 22.1 Å². The van der Waals surface area contributed by atoms with E-state index in [9.17, 15) is 67.1 Å². The van der Waals surface area contributed by atoms with Gasteiger partial charge in [-0.2, -0.15) is 5.26 Å². The number of hydrogen-bond acceptors (Lipinski definition) is 31. The molecule has 6 atom stereocenters. The van der Waals surface area contributed by atoms with E-state index in [1.54, 1.807) is 74.4 Å². The maximum Gasteiger partial charge on any atom is 0.520 e. The van der Waals surface area contributed by atoms with Crippen LogP contribution in [-0.4, -0.2) is 266 Å². The van der Waals surface area contributed by atoms with Crippen LogP contribution in [0.5, 0.6) is 0 Å². The largest absolute Gasteiger partial charge is 0.564 e. The van der Waals surface area contributed by atoms with Gasteiger partial charge in [0, 0.05) is 69.5 Å². The topological polar surface area (TPSA) is 679 Å². The number of fused-ring (bicyclic) bond motifs is 2. The second kappa shape index (κ2) is 49.3. The third-order valence-corrected chi connectivity index (χ3v) is 17.0. The summed E-state index contributed by atoms with van der Waals surface area (Å²) >= 11 is 6.25. The number of nitriles is 1. The van der Waals surface area contributed by atoms with Crippen LogP contribution in [0.15, 0.2) is 73.7 Å². The van der Waals surface area contributed by atoms with Crippen LogP contribution in [0.4, 0.5) is 54.0 Å². The highest BCUT2D eigenvalue weighted by atomic mass is 35.5. The van der Waals surface area contributed by atoms with Crippen molar-refractivity contribution in [2.45, 2.75) is 96.8 Å². The molecule has 0 unspecified atom stereocenters. The zero-order valence-electron chi connectivity index (χ0n) is 62.0. The highest BCUT2D eigenvalue weighted by molar-refractivity contribution is 8.03. The highest BCUT2D eigenvalue weighted by Gasteiger charge is 2.42. The molecule has 10 rings (SSSR count). The Morgan fingerprint density at radius 1 is 0.617 bits per heavy atom. The van der Waals surface area contributed by atoms with Crippen molar-refractivity contribution in [2.24, 2.45) is 17.6 Å². The molecule has 0 spiro atoms. The molecule has 13 amide bonds. The standard InChI is InChI=1S/C18H23N7O5.C15H20N6O4S.C14H16N6O4.C10H13N3O4S.C5H7N3.C4H9NO2.CH4.ClH.H2/c1-10(16(28)29)7-21-14(26)9-25-15(27)12(24-18(25)30)3-2-5-20-17-22-11-4-6-19-8-13(11)23-17;1-25-11(22)8-21-13(23)10(19-15(21)24)5-3-7-18-14(26)20-12-9(16)4-2-6-17-12;21-11(22)7-20-12(23)9(19-14(20)24)2-1-4-16-13-17-8-3-5-15-6-10(8)18-13;1-17-8(14)5-13-9(15)7(12-10(13)16)3-2-4-18-6-11;6-4-1-2-8-3-5(4)7;1-3(2-5)4(6)7;;;/h4,6,8,10,12H,2-3,5,7,9H2,1H3,(H,21,26)(H,24,30)(H,28,29)(H2,20,22,23);2,4,6,10H,3,5,7-8,16H2,1H3,(H,19,24)(H2,17,18,20,26);3,5-6,9H,1-2,4,7H2,(H,19,24)(H,21,22)(H2,16,17,18);7H,2-5H2,1H3,(H,12,16);1-3H,7H2,(H2,6,8);3H,2,5H2,1H3,(H,6,7);1H4;2*1H/p+1/t10-,12-;10-;9-;7-;;3-;;;/m0000.0.../s1/i;;;;;;;;1+1. The fraction of sp³-hybridized carbons (Fsp3) is 0.433. The number of aromatic amines is 2. The molecule has 10 heterocycles. The van der Waals surface area contributed by atoms with Crippen LogP contribution in [0.2, 0.25) is 0 Å². The van der Waals surface area contributed by atoms with Gasteiger partial charge in [-0.05, 0) is 113 Å². The monoisotopic (exact) mass is 1670 g/mol. The SMILES string of the molecule is C.COC(=O)CN1C(=O)N[C@@H](CCCNC(=S)Nc2ncccc2N)C1=O.COC(=O)CN1C(=O)N[C@@H](CCCSC#N)C1=O.C[C@@H](CN)C(=O)[OH2+].C[C@@H](CNC(=O)CN1C(=O)N[C@@H](CCCNc2nc3ccncc3[nH]2)C1=O)C(=O)O.Cl.Nc1ccncc1N.O=C(O)CN1C(=O)N[C@@H](CCCNc2nc3ccncc3[nH]2)C1=O.[2HH]. The van der Waals surface area contributed by atoms with Crippen molar-refractivity contribution in [3.8, 4) is 5.40 Å². The molecule has 115 heavy (non-hydrogen) atoms. The summed E-state index contributed by atoms with van der Waals surface area (Å²) in [5.74, 6) is -5.37. The fourth-order valence-electron chi connectivity index (χ4n) is 9.78. The zero-order valence-corrected chi connectivity index (χ0v) is 64.4. The molecule has 6 aromatic rings. The number of nitrogen functional groups attached to an aromatic ring is 3. The number of thioether (sulfide) groups is 1. The number of nitrogens with one attached hydrogen (secondary N) is 11. The molecule has 0 aromatic carbocycles. The molecule has 6 aromatic heterocycles. The number of carboxylic acid groups (broad SMARTS) is 2. The first kappa shape index (κ1) is 96.1. The number of thiocyanates is 1. The van der Waals surface area contributed by atoms with Gasteiger partial charge in [-0.1, -0.05) is 14.4 Å². The lowest BCUT2D eigenvalue weighted by Gasteiger charge is -2.14. The molecule has 4 aliphatic rings. The summed E-state index contributed by atoms with van der Waals surface area (Å²) in [6.07, 6.45) is 15.5. The Labute approximate surface area is 674 Å². The molecule has 0 saturated carbocycles. The Hall–Kier alpha value is -13.1. The number of methoxy groups -OCH3 is 2. The van der Waals surface area contributed by atoms with Crippen LogP contribution in [0.1, 0.15) is 74.1 Å². The van der Waals surface area contributed by atoms with E-state index >= 15 is 0 Å². The number of aromatic nitrogens is 8. The lowest BCUT2D eigenvalue weighted by Crippen LogP contribution is -2.42. The minimum Gasteiger partial charge on any atom is -0.564 e. The average molecular weight is 1670 g/mol. The second-order valence-corrected chi connectivity index (χ2v) is 25.7. The molecule has 4 fully saturated rings. The number of amides is 13. The summed E-state index contributed by atoms with van der Waals surface area (Å²) in [6.45, 7) is 3.01. The van der Waals surface area contributed by atoms with E-state index in [2.05, 4.69) is 97.2 Å². The fourth-order valence-corrected chi connectivity index (χ4v) is 10.4. The summed E-state index contributed by atoms with van der Waals surface area (Å²) in [7, 11) is 2.39. The van der Waals surface area contributed by atoms with E-state index in [0.29, 0.717) is 122 Å². The molecule has 45 nitrogen and oxygen atoms in total. The van der Waals surface area contributed by atoms with Gasteiger partial charge < -0.3 is 106 Å². The number of imide groups is 4. The van der Waals surface area contributed by atoms with Gasteiger partial charge in [0.1, 0.15) is 61.7 Å². The molecule has 0 aliphatic carbocycles. The number of aliphatic carboxylic acids is 2. The van der Waals surface area contributed by atoms with Crippen LogP contribution >= 0.6 is 36.4 Å². The quantitative estimate of drug-likeness (QED) is 0.00676. The number of halogens is 1. The number of anilines is 6. The number of thiocarbonyl (C=S) groups is 1. The third-order valence-electron chi connectivity index (χ3n) is 16.1. The number of carbonyl (C=O) groups is 14. The molecule has 48 heteroatoms. The minimum atomic E-state index is -1.22. The van der Waals surface area contributed by atoms with Crippen LogP contribution in [0.3, 0.4) is 0 Å².